The first-order valence-corrected chi connectivity index (χ1v) is 7.07. The molecule has 0 radical (unpaired) electrons. The number of nitrogens with one attached hydrogen (secondary N) is 1. The van der Waals surface area contributed by atoms with Gasteiger partial charge in [0.1, 0.15) is 11.5 Å². The van der Waals surface area contributed by atoms with Gasteiger partial charge in [0.25, 0.3) is 0 Å². The molecular weight excluding hydrogens is 272 g/mol. The molecule has 96 valence electrons. The lowest BCUT2D eigenvalue weighted by molar-refractivity contribution is 0.578. The molecule has 17 heavy (non-hydrogen) atoms. The molecule has 0 fully saturated rings. The number of halogens is 3. The third-order valence-electron chi connectivity index (χ3n) is 2.09. The van der Waals surface area contributed by atoms with Crippen LogP contribution in [0.4, 0.5) is 14.5 Å². The van der Waals surface area contributed by atoms with Gasteiger partial charge < -0.3 is 0 Å². The summed E-state index contributed by atoms with van der Waals surface area (Å²) in [6, 6.07) is 2.25. The highest BCUT2D eigenvalue weighted by Gasteiger charge is 2.17. The van der Waals surface area contributed by atoms with Crippen LogP contribution in [-0.2, 0) is 10.0 Å². The molecule has 1 aromatic carbocycles. The van der Waals surface area contributed by atoms with Crippen LogP contribution in [0.2, 0.25) is 0 Å². The highest BCUT2D eigenvalue weighted by molar-refractivity contribution is 7.92. The largest absolute Gasteiger partial charge is 0.278 e. The van der Waals surface area contributed by atoms with E-state index in [0.29, 0.717) is 0 Å². The van der Waals surface area contributed by atoms with Gasteiger partial charge in [0.05, 0.1) is 5.75 Å². The summed E-state index contributed by atoms with van der Waals surface area (Å²) in [6.45, 7) is 1.42. The van der Waals surface area contributed by atoms with Crippen LogP contribution in [-0.4, -0.2) is 20.1 Å². The lowest BCUT2D eigenvalue weighted by atomic mass is 10.2. The average Bonchev–Trinajstić information content (AvgIpc) is 2.27. The van der Waals surface area contributed by atoms with Gasteiger partial charge >= 0.3 is 0 Å². The van der Waals surface area contributed by atoms with Crippen LogP contribution in [0.15, 0.2) is 12.1 Å². The first-order chi connectivity index (χ1) is 7.87. The zero-order chi connectivity index (χ0) is 13.1. The van der Waals surface area contributed by atoms with Crippen LogP contribution in [0.25, 0.3) is 0 Å². The molecule has 0 bridgehead atoms. The molecule has 1 rings (SSSR count). The topological polar surface area (TPSA) is 46.2 Å². The van der Waals surface area contributed by atoms with Crippen LogP contribution in [0.3, 0.4) is 0 Å². The predicted octanol–water partition coefficient (Wildman–Crippen LogP) is 2.64. The summed E-state index contributed by atoms with van der Waals surface area (Å²) >= 11 is 5.36. The number of sulfonamides is 1. The minimum Gasteiger partial charge on any atom is -0.278 e. The van der Waals surface area contributed by atoms with E-state index in [1.807, 2.05) is 4.72 Å². The smallest absolute Gasteiger partial charge is 0.232 e. The Balaban J connectivity index is 2.99. The van der Waals surface area contributed by atoms with E-state index in [0.717, 1.165) is 6.07 Å². The second-order valence-corrected chi connectivity index (χ2v) is 5.74. The maximum atomic E-state index is 13.5. The predicted molar refractivity (Wildman–Crippen MR) is 63.8 cm³/mol. The molecule has 1 N–H and O–H groups in total. The van der Waals surface area contributed by atoms with E-state index in [1.54, 1.807) is 0 Å². The lowest BCUT2D eigenvalue weighted by Crippen LogP contribution is -2.19. The van der Waals surface area contributed by atoms with E-state index < -0.39 is 27.3 Å². The van der Waals surface area contributed by atoms with Crippen molar-refractivity contribution in [1.82, 2.24) is 0 Å². The summed E-state index contributed by atoms with van der Waals surface area (Å²) in [5.41, 5.74) is -0.471. The number of anilines is 1. The number of alkyl halides is 1. The molecular formula is C10H12ClF2NO2S. The third kappa shape index (κ3) is 3.81. The Labute approximate surface area is 104 Å². The van der Waals surface area contributed by atoms with Crippen LogP contribution < -0.4 is 4.72 Å². The van der Waals surface area contributed by atoms with E-state index in [2.05, 4.69) is 0 Å². The van der Waals surface area contributed by atoms with Gasteiger partial charge in [-0.05, 0) is 25.0 Å². The number of hydrogen-bond donors (Lipinski definition) is 1. The normalized spacial score (nSPS) is 11.5. The SMILES string of the molecule is Cc1ccc(F)c(NS(=O)(=O)CCCCl)c1F. The molecule has 7 heteroatoms. The molecule has 0 spiro atoms. The summed E-state index contributed by atoms with van der Waals surface area (Å²) in [4.78, 5) is 0. The standard InChI is InChI=1S/C10H12ClF2NO2S/c1-7-3-4-8(12)10(9(7)13)14-17(15,16)6-2-5-11/h3-4,14H,2,5-6H2,1H3. The molecule has 0 heterocycles. The summed E-state index contributed by atoms with van der Waals surface area (Å²) in [5.74, 6) is -1.95. The summed E-state index contributed by atoms with van der Waals surface area (Å²) in [6.07, 6.45) is 0.214. The van der Waals surface area contributed by atoms with Gasteiger partial charge in [-0.3, -0.25) is 4.72 Å². The van der Waals surface area contributed by atoms with Crippen molar-refractivity contribution in [3.8, 4) is 0 Å². The van der Waals surface area contributed by atoms with E-state index in [1.165, 1.54) is 13.0 Å². The molecule has 0 aliphatic rings. The molecule has 0 atom stereocenters. The van der Waals surface area contributed by atoms with Gasteiger partial charge in [0, 0.05) is 5.88 Å². The molecule has 3 nitrogen and oxygen atoms in total. The summed E-state index contributed by atoms with van der Waals surface area (Å²) in [5, 5.41) is 0. The Morgan fingerprint density at radius 2 is 2.00 bits per heavy atom. The van der Waals surface area contributed by atoms with Gasteiger partial charge in [-0.1, -0.05) is 6.07 Å². The Kier molecular flexibility index (Phi) is 4.70. The van der Waals surface area contributed by atoms with E-state index in [4.69, 9.17) is 11.6 Å². The Bertz CT molecular complexity index is 505. The van der Waals surface area contributed by atoms with Crippen LogP contribution in [0, 0.1) is 18.6 Å². The monoisotopic (exact) mass is 283 g/mol. The highest BCUT2D eigenvalue weighted by Crippen LogP contribution is 2.22. The Morgan fingerprint density at radius 3 is 2.59 bits per heavy atom. The minimum absolute atomic E-state index is 0.166. The molecule has 1 aromatic rings. The molecule has 0 saturated carbocycles. The van der Waals surface area contributed by atoms with Gasteiger partial charge in [-0.2, -0.15) is 0 Å². The van der Waals surface area contributed by atoms with Crippen molar-refractivity contribution in [2.45, 2.75) is 13.3 Å². The van der Waals surface area contributed by atoms with Crippen molar-refractivity contribution in [2.24, 2.45) is 0 Å². The number of benzene rings is 1. The maximum absolute atomic E-state index is 13.5. The van der Waals surface area contributed by atoms with Crippen molar-refractivity contribution in [1.29, 1.82) is 0 Å². The number of hydrogen-bond acceptors (Lipinski definition) is 2. The highest BCUT2D eigenvalue weighted by atomic mass is 35.5. The summed E-state index contributed by atoms with van der Waals surface area (Å²) in [7, 11) is -3.77. The second kappa shape index (κ2) is 5.64. The summed E-state index contributed by atoms with van der Waals surface area (Å²) < 4.78 is 51.6. The first kappa shape index (κ1) is 14.2. The fourth-order valence-corrected chi connectivity index (χ4v) is 2.62. The molecule has 0 amide bonds. The molecule has 0 unspecified atom stereocenters. The minimum atomic E-state index is -3.77. The van der Waals surface area contributed by atoms with E-state index >= 15 is 0 Å². The maximum Gasteiger partial charge on any atom is 0.232 e. The fraction of sp³-hybridized carbons (Fsp3) is 0.400. The van der Waals surface area contributed by atoms with Crippen LogP contribution in [0.1, 0.15) is 12.0 Å². The Hall–Kier alpha value is -0.880. The van der Waals surface area contributed by atoms with Gasteiger partial charge in [-0.15, -0.1) is 11.6 Å². The number of rotatable bonds is 5. The molecule has 0 saturated heterocycles. The second-order valence-electron chi connectivity index (χ2n) is 3.52. The van der Waals surface area contributed by atoms with Crippen molar-refractivity contribution >= 4 is 27.3 Å². The van der Waals surface area contributed by atoms with E-state index in [9.17, 15) is 17.2 Å². The van der Waals surface area contributed by atoms with Crippen LogP contribution in [0.5, 0.6) is 0 Å². The first-order valence-electron chi connectivity index (χ1n) is 4.88. The Morgan fingerprint density at radius 1 is 1.35 bits per heavy atom. The zero-order valence-electron chi connectivity index (χ0n) is 9.13. The van der Waals surface area contributed by atoms with Crippen molar-refractivity contribution in [2.75, 3.05) is 16.4 Å². The van der Waals surface area contributed by atoms with Crippen molar-refractivity contribution in [3.63, 3.8) is 0 Å². The third-order valence-corrected chi connectivity index (χ3v) is 3.70. The molecule has 0 aliphatic heterocycles. The van der Waals surface area contributed by atoms with Crippen molar-refractivity contribution in [3.05, 3.63) is 29.3 Å². The van der Waals surface area contributed by atoms with Gasteiger partial charge in [0.2, 0.25) is 10.0 Å². The molecule has 0 aromatic heterocycles. The quantitative estimate of drug-likeness (QED) is 0.845. The average molecular weight is 284 g/mol. The zero-order valence-corrected chi connectivity index (χ0v) is 10.7. The van der Waals surface area contributed by atoms with Gasteiger partial charge in [-0.25, -0.2) is 17.2 Å². The van der Waals surface area contributed by atoms with E-state index in [-0.39, 0.29) is 23.6 Å². The van der Waals surface area contributed by atoms with Gasteiger partial charge in [0.15, 0.2) is 5.82 Å². The van der Waals surface area contributed by atoms with Crippen LogP contribution >= 0.6 is 11.6 Å². The van der Waals surface area contributed by atoms with Crippen molar-refractivity contribution < 1.29 is 17.2 Å². The molecule has 0 aliphatic carbocycles. The number of aryl methyl sites for hydroxylation is 1. The fourth-order valence-electron chi connectivity index (χ4n) is 1.20. The lowest BCUT2D eigenvalue weighted by Gasteiger charge is -2.10.